The second kappa shape index (κ2) is 7.19. The minimum atomic E-state index is -2.01. The van der Waals surface area contributed by atoms with Crippen LogP contribution < -0.4 is 0 Å². The molecule has 4 amide bonds. The molecule has 1 N–H and O–H groups in total. The van der Waals surface area contributed by atoms with Crippen molar-refractivity contribution in [1.29, 1.82) is 0 Å². The highest BCUT2D eigenvalue weighted by atomic mass is 16.7. The molecule has 162 valence electrons. The number of hydrogen-bond acceptors (Lipinski definition) is 5. The van der Waals surface area contributed by atoms with Gasteiger partial charge in [0.2, 0.25) is 17.5 Å². The van der Waals surface area contributed by atoms with Gasteiger partial charge in [-0.1, -0.05) is 42.5 Å². The van der Waals surface area contributed by atoms with Crippen LogP contribution in [0.2, 0.25) is 0 Å². The molecule has 0 radical (unpaired) electrons. The minimum absolute atomic E-state index is 0.0196. The highest BCUT2D eigenvalue weighted by Gasteiger charge is 2.66. The van der Waals surface area contributed by atoms with E-state index in [4.69, 9.17) is 4.84 Å². The summed E-state index contributed by atoms with van der Waals surface area (Å²) in [4.78, 5) is 59.8. The monoisotopic (exact) mass is 425 g/mol. The molecule has 0 saturated carbocycles. The normalized spacial score (nSPS) is 32.1. The number of urea groups is 1. The van der Waals surface area contributed by atoms with Crippen molar-refractivity contribution in [3.63, 3.8) is 0 Å². The number of rotatable bonds is 5. The van der Waals surface area contributed by atoms with E-state index in [1.54, 1.807) is 0 Å². The number of carboxylic acids is 1. The molecule has 4 atom stereocenters. The predicted octanol–water partition coefficient (Wildman–Crippen LogP) is 1.75. The molecule has 0 spiro atoms. The molecule has 1 aliphatic carbocycles. The zero-order chi connectivity index (χ0) is 21.8. The van der Waals surface area contributed by atoms with Crippen LogP contribution in [0.3, 0.4) is 0 Å². The van der Waals surface area contributed by atoms with Crippen molar-refractivity contribution < 1.29 is 29.1 Å². The summed E-state index contributed by atoms with van der Waals surface area (Å²) in [5.74, 6) is -3.49. The van der Waals surface area contributed by atoms with E-state index < -0.39 is 41.3 Å². The first-order valence-corrected chi connectivity index (χ1v) is 10.5. The Hall–Kier alpha value is -3.20. The summed E-state index contributed by atoms with van der Waals surface area (Å²) >= 11 is 0. The number of carbonyl (C=O) groups excluding carboxylic acids is 3. The van der Waals surface area contributed by atoms with Crippen LogP contribution in [0.4, 0.5) is 4.79 Å². The van der Waals surface area contributed by atoms with E-state index >= 15 is 0 Å². The fourth-order valence-corrected chi connectivity index (χ4v) is 5.25. The molecule has 1 aromatic carbocycles. The van der Waals surface area contributed by atoms with Crippen LogP contribution in [0, 0.1) is 11.8 Å². The molecule has 3 heterocycles. The van der Waals surface area contributed by atoms with Crippen LogP contribution >= 0.6 is 0 Å². The SMILES string of the molecule is O=C1N(OCc2ccccc2)[C@@H]2CC[C@](C(=O)O)(N3C(=O)[C@H]4CC=CC[C@H]4C3=O)N1C2. The maximum atomic E-state index is 13.2. The largest absolute Gasteiger partial charge is 0.478 e. The fraction of sp³-hybridized carbons (Fsp3) is 0.455. The van der Waals surface area contributed by atoms with Gasteiger partial charge in [-0.05, 0) is 24.8 Å². The van der Waals surface area contributed by atoms with Crippen LogP contribution in [-0.2, 0) is 25.8 Å². The van der Waals surface area contributed by atoms with Gasteiger partial charge in [-0.25, -0.2) is 14.5 Å². The van der Waals surface area contributed by atoms with Crippen LogP contribution in [0.15, 0.2) is 42.5 Å². The number of likely N-dealkylation sites (tertiary alicyclic amines) is 1. The van der Waals surface area contributed by atoms with Crippen molar-refractivity contribution in [3.05, 3.63) is 48.0 Å². The van der Waals surface area contributed by atoms with E-state index in [1.165, 1.54) is 5.06 Å². The summed E-state index contributed by atoms with van der Waals surface area (Å²) in [5, 5.41) is 11.4. The Kier molecular flexibility index (Phi) is 4.58. The lowest BCUT2D eigenvalue weighted by atomic mass is 9.85. The van der Waals surface area contributed by atoms with Gasteiger partial charge in [0.1, 0.15) is 6.61 Å². The van der Waals surface area contributed by atoms with Crippen molar-refractivity contribution in [3.8, 4) is 0 Å². The highest BCUT2D eigenvalue weighted by Crippen LogP contribution is 2.45. The van der Waals surface area contributed by atoms with Crippen LogP contribution in [0.5, 0.6) is 0 Å². The standard InChI is InChI=1S/C22H23N3O6/c26-18-16-8-4-5-9-17(16)19(27)24(18)22(20(28)29)11-10-15-12-23(22)21(30)25(15)31-13-14-6-2-1-3-7-14/h1-7,15-17H,8-13H2,(H,28,29)/t15-,16-,17+,22-/m1/s1. The number of hydroxylamine groups is 2. The number of imide groups is 1. The maximum Gasteiger partial charge on any atom is 0.351 e. The molecular formula is C22H23N3O6. The Morgan fingerprint density at radius 2 is 1.71 bits per heavy atom. The van der Waals surface area contributed by atoms with Gasteiger partial charge in [0, 0.05) is 13.0 Å². The van der Waals surface area contributed by atoms with Gasteiger partial charge in [-0.2, -0.15) is 5.06 Å². The Balaban J connectivity index is 1.43. The molecule has 3 saturated heterocycles. The molecule has 9 heteroatoms. The van der Waals surface area contributed by atoms with E-state index in [0.717, 1.165) is 15.4 Å². The summed E-state index contributed by atoms with van der Waals surface area (Å²) in [6.07, 6.45) is 4.80. The maximum absolute atomic E-state index is 13.2. The smallest absolute Gasteiger partial charge is 0.351 e. The number of amides is 4. The Labute approximate surface area is 178 Å². The number of piperidine rings is 1. The number of allylic oxidation sites excluding steroid dienone is 2. The summed E-state index contributed by atoms with van der Waals surface area (Å²) in [5.41, 5.74) is -1.14. The molecule has 2 bridgehead atoms. The van der Waals surface area contributed by atoms with Gasteiger partial charge in [0.05, 0.1) is 17.9 Å². The van der Waals surface area contributed by atoms with Crippen molar-refractivity contribution in [1.82, 2.24) is 14.9 Å². The van der Waals surface area contributed by atoms with Gasteiger partial charge in [0.15, 0.2) is 0 Å². The number of hydrogen-bond donors (Lipinski definition) is 1. The summed E-state index contributed by atoms with van der Waals surface area (Å²) in [7, 11) is 0. The van der Waals surface area contributed by atoms with Gasteiger partial charge < -0.3 is 5.11 Å². The van der Waals surface area contributed by atoms with Gasteiger partial charge in [-0.15, -0.1) is 0 Å². The van der Waals surface area contributed by atoms with Crippen LogP contribution in [0.25, 0.3) is 0 Å². The fourth-order valence-electron chi connectivity index (χ4n) is 5.25. The predicted molar refractivity (Wildman–Crippen MR) is 106 cm³/mol. The molecule has 1 aromatic rings. The molecule has 9 nitrogen and oxygen atoms in total. The van der Waals surface area contributed by atoms with Crippen LogP contribution in [-0.4, -0.2) is 62.0 Å². The number of benzene rings is 1. The molecule has 0 unspecified atom stereocenters. The van der Waals surface area contributed by atoms with Crippen molar-refractivity contribution in [2.45, 2.75) is 44.0 Å². The molecule has 31 heavy (non-hydrogen) atoms. The second-order valence-electron chi connectivity index (χ2n) is 8.46. The molecular weight excluding hydrogens is 402 g/mol. The van der Waals surface area contributed by atoms with Gasteiger partial charge >= 0.3 is 12.0 Å². The Morgan fingerprint density at radius 3 is 2.32 bits per heavy atom. The van der Waals surface area contributed by atoms with E-state index in [0.29, 0.717) is 19.3 Å². The number of aliphatic carboxylic acids is 1. The number of carbonyl (C=O) groups is 4. The van der Waals surface area contributed by atoms with E-state index in [-0.39, 0.29) is 25.6 Å². The third-order valence-corrected chi connectivity index (χ3v) is 6.85. The van der Waals surface area contributed by atoms with Crippen molar-refractivity contribution in [2.24, 2.45) is 11.8 Å². The first-order chi connectivity index (χ1) is 14.9. The summed E-state index contributed by atoms with van der Waals surface area (Å²) in [6.45, 7) is 0.249. The molecule has 0 aromatic heterocycles. The average molecular weight is 425 g/mol. The molecule has 3 aliphatic heterocycles. The number of carboxylic acid groups (broad SMARTS) is 1. The molecule has 4 aliphatic rings. The van der Waals surface area contributed by atoms with E-state index in [1.807, 2.05) is 42.5 Å². The summed E-state index contributed by atoms with van der Waals surface area (Å²) < 4.78 is 0. The average Bonchev–Trinajstić information content (AvgIpc) is 3.20. The van der Waals surface area contributed by atoms with Gasteiger partial charge in [0.25, 0.3) is 0 Å². The zero-order valence-corrected chi connectivity index (χ0v) is 16.8. The highest BCUT2D eigenvalue weighted by molar-refractivity contribution is 6.09. The summed E-state index contributed by atoms with van der Waals surface area (Å²) in [6, 6.07) is 8.37. The van der Waals surface area contributed by atoms with Crippen molar-refractivity contribution in [2.75, 3.05) is 6.54 Å². The van der Waals surface area contributed by atoms with E-state index in [9.17, 15) is 24.3 Å². The quantitative estimate of drug-likeness (QED) is 0.569. The zero-order valence-electron chi connectivity index (χ0n) is 16.8. The second-order valence-corrected chi connectivity index (χ2v) is 8.46. The first kappa shape index (κ1) is 19.7. The van der Waals surface area contributed by atoms with Gasteiger partial charge in [-0.3, -0.25) is 19.3 Å². The Morgan fingerprint density at radius 1 is 1.06 bits per heavy atom. The number of fused-ring (bicyclic) bond motifs is 3. The molecule has 5 rings (SSSR count). The van der Waals surface area contributed by atoms with Crippen LogP contribution in [0.1, 0.15) is 31.2 Å². The third kappa shape index (κ3) is 2.79. The first-order valence-electron chi connectivity index (χ1n) is 10.5. The lowest BCUT2D eigenvalue weighted by Crippen LogP contribution is -2.69. The topological polar surface area (TPSA) is 107 Å². The third-order valence-electron chi connectivity index (χ3n) is 6.85. The van der Waals surface area contributed by atoms with Crippen molar-refractivity contribution >= 4 is 23.8 Å². The molecule has 3 fully saturated rings. The lowest BCUT2D eigenvalue weighted by Gasteiger charge is -2.44. The number of nitrogens with zero attached hydrogens (tertiary/aromatic N) is 3. The Bertz CT molecular complexity index is 953. The minimum Gasteiger partial charge on any atom is -0.478 e. The lowest BCUT2D eigenvalue weighted by molar-refractivity contribution is -0.177. The van der Waals surface area contributed by atoms with E-state index in [2.05, 4.69) is 0 Å².